The Morgan fingerprint density at radius 3 is 1.89 bits per heavy atom. The van der Waals surface area contributed by atoms with E-state index in [0.29, 0.717) is 0 Å². The van der Waals surface area contributed by atoms with Crippen LogP contribution in [0.1, 0.15) is 6.92 Å². The Morgan fingerprint density at radius 1 is 1.56 bits per heavy atom. The van der Waals surface area contributed by atoms with Crippen LogP contribution in [0.5, 0.6) is 0 Å². The van der Waals surface area contributed by atoms with Crippen LogP contribution < -0.4 is 11.5 Å². The van der Waals surface area contributed by atoms with Crippen LogP contribution in [-0.2, 0) is 4.79 Å². The van der Waals surface area contributed by atoms with Crippen LogP contribution in [0.3, 0.4) is 0 Å². The summed E-state index contributed by atoms with van der Waals surface area (Å²) in [6, 6.07) is -1.41. The van der Waals surface area contributed by atoms with Crippen LogP contribution in [0.25, 0.3) is 0 Å². The molecule has 0 aromatic heterocycles. The molecule has 0 aliphatic rings. The largest absolute Gasteiger partial charge is 0.480 e. The van der Waals surface area contributed by atoms with E-state index < -0.39 is 18.1 Å². The van der Waals surface area contributed by atoms with Crippen molar-refractivity contribution in [2.75, 3.05) is 0 Å². The molecule has 0 fully saturated rings. The van der Waals surface area contributed by atoms with Crippen LogP contribution in [0.15, 0.2) is 0 Å². The molecule has 0 heterocycles. The Bertz CT molecular complexity index is 96.6. The van der Waals surface area contributed by atoms with E-state index in [1.54, 1.807) is 6.92 Å². The Morgan fingerprint density at radius 2 is 1.89 bits per heavy atom. The fourth-order valence-electron chi connectivity index (χ4n) is 0.225. The highest BCUT2D eigenvalue weighted by molar-refractivity contribution is 5.85. The SMILES string of the molecule is CC(N)C(N)C(=O)O.Cl. The third-order valence-corrected chi connectivity index (χ3v) is 0.852. The number of rotatable bonds is 2. The maximum absolute atomic E-state index is 9.94. The van der Waals surface area contributed by atoms with Crippen molar-refractivity contribution in [3.05, 3.63) is 0 Å². The van der Waals surface area contributed by atoms with E-state index in [1.165, 1.54) is 0 Å². The first kappa shape index (κ1) is 11.5. The molecule has 5 N–H and O–H groups in total. The Labute approximate surface area is 59.6 Å². The van der Waals surface area contributed by atoms with E-state index in [1.807, 2.05) is 0 Å². The molecule has 0 radical (unpaired) electrons. The van der Waals surface area contributed by atoms with Gasteiger partial charge in [0.15, 0.2) is 0 Å². The highest BCUT2D eigenvalue weighted by atomic mass is 35.5. The summed E-state index contributed by atoms with van der Waals surface area (Å²) in [4.78, 5) is 9.94. The summed E-state index contributed by atoms with van der Waals surface area (Å²) in [5, 5.41) is 8.15. The topological polar surface area (TPSA) is 89.3 Å². The van der Waals surface area contributed by atoms with Gasteiger partial charge in [0.05, 0.1) is 0 Å². The highest BCUT2D eigenvalue weighted by Gasteiger charge is 2.14. The van der Waals surface area contributed by atoms with E-state index in [2.05, 4.69) is 0 Å². The van der Waals surface area contributed by atoms with Crippen molar-refractivity contribution in [1.29, 1.82) is 0 Å². The van der Waals surface area contributed by atoms with Crippen LogP contribution in [0, 0.1) is 0 Å². The zero-order valence-corrected chi connectivity index (χ0v) is 5.89. The number of carboxylic acid groups (broad SMARTS) is 1. The van der Waals surface area contributed by atoms with E-state index in [9.17, 15) is 4.79 Å². The molecule has 0 amide bonds. The minimum atomic E-state index is -1.06. The molecule has 0 spiro atoms. The highest BCUT2D eigenvalue weighted by Crippen LogP contribution is 1.82. The summed E-state index contributed by atoms with van der Waals surface area (Å²) in [6.07, 6.45) is 0. The number of carbonyl (C=O) groups is 1. The standard InChI is InChI=1S/C4H10N2O2.ClH/c1-2(5)3(6)4(7)8;/h2-3H,5-6H2,1H3,(H,7,8);1H. The summed E-state index contributed by atoms with van der Waals surface area (Å²) in [5.41, 5.74) is 10.2. The van der Waals surface area contributed by atoms with Gasteiger partial charge in [-0.1, -0.05) is 0 Å². The average molecular weight is 155 g/mol. The molecule has 4 nitrogen and oxygen atoms in total. The molecule has 0 aromatic carbocycles. The van der Waals surface area contributed by atoms with Gasteiger partial charge in [-0.25, -0.2) is 0 Å². The molecule has 0 rings (SSSR count). The lowest BCUT2D eigenvalue weighted by atomic mass is 10.2. The van der Waals surface area contributed by atoms with Crippen molar-refractivity contribution in [2.45, 2.75) is 19.0 Å². The van der Waals surface area contributed by atoms with E-state index in [4.69, 9.17) is 16.6 Å². The van der Waals surface area contributed by atoms with Crippen LogP contribution in [0.4, 0.5) is 0 Å². The van der Waals surface area contributed by atoms with Gasteiger partial charge >= 0.3 is 5.97 Å². The van der Waals surface area contributed by atoms with Crippen LogP contribution in [-0.4, -0.2) is 23.2 Å². The minimum Gasteiger partial charge on any atom is -0.480 e. The third-order valence-electron chi connectivity index (χ3n) is 0.852. The second-order valence-corrected chi connectivity index (χ2v) is 1.72. The molecule has 0 aromatic rings. The number of hydrogen-bond donors (Lipinski definition) is 3. The van der Waals surface area contributed by atoms with Gasteiger partial charge in [0, 0.05) is 6.04 Å². The smallest absolute Gasteiger partial charge is 0.322 e. The van der Waals surface area contributed by atoms with Gasteiger partial charge in [0.2, 0.25) is 0 Å². The average Bonchev–Trinajstić information content (AvgIpc) is 1.64. The van der Waals surface area contributed by atoms with Crippen LogP contribution in [0.2, 0.25) is 0 Å². The predicted octanol–water partition coefficient (Wildman–Crippen LogP) is -0.833. The van der Waals surface area contributed by atoms with Gasteiger partial charge < -0.3 is 16.6 Å². The van der Waals surface area contributed by atoms with Gasteiger partial charge in [-0.3, -0.25) is 4.79 Å². The fourth-order valence-corrected chi connectivity index (χ4v) is 0.225. The van der Waals surface area contributed by atoms with E-state index in [-0.39, 0.29) is 12.4 Å². The van der Waals surface area contributed by atoms with Crippen molar-refractivity contribution in [1.82, 2.24) is 0 Å². The van der Waals surface area contributed by atoms with Gasteiger partial charge in [0.25, 0.3) is 0 Å². The first-order valence-corrected chi connectivity index (χ1v) is 2.29. The second-order valence-electron chi connectivity index (χ2n) is 1.72. The molecule has 2 unspecified atom stereocenters. The van der Waals surface area contributed by atoms with Gasteiger partial charge in [-0.2, -0.15) is 0 Å². The van der Waals surface area contributed by atoms with E-state index >= 15 is 0 Å². The minimum absolute atomic E-state index is 0. The summed E-state index contributed by atoms with van der Waals surface area (Å²) >= 11 is 0. The molecule has 0 saturated carbocycles. The van der Waals surface area contributed by atoms with Gasteiger partial charge in [0.1, 0.15) is 6.04 Å². The maximum atomic E-state index is 9.94. The number of hydrogen-bond acceptors (Lipinski definition) is 3. The second kappa shape index (κ2) is 4.55. The van der Waals surface area contributed by atoms with Crippen molar-refractivity contribution in [3.8, 4) is 0 Å². The number of carboxylic acids is 1. The van der Waals surface area contributed by atoms with Gasteiger partial charge in [-0.05, 0) is 6.92 Å². The lowest BCUT2D eigenvalue weighted by molar-refractivity contribution is -0.138. The molecular weight excluding hydrogens is 144 g/mol. The summed E-state index contributed by atoms with van der Waals surface area (Å²) in [6.45, 7) is 1.55. The predicted molar refractivity (Wildman–Crippen MR) is 36.5 cm³/mol. The summed E-state index contributed by atoms with van der Waals surface area (Å²) in [5.74, 6) is -1.06. The van der Waals surface area contributed by atoms with E-state index in [0.717, 1.165) is 0 Å². The zero-order valence-electron chi connectivity index (χ0n) is 5.07. The Balaban J connectivity index is 0. The number of halogens is 1. The Hall–Kier alpha value is -0.320. The molecule has 9 heavy (non-hydrogen) atoms. The normalized spacial score (nSPS) is 15.4. The molecule has 0 saturated heterocycles. The quantitative estimate of drug-likeness (QED) is 0.484. The van der Waals surface area contributed by atoms with Gasteiger partial charge in [-0.15, -0.1) is 12.4 Å². The molecule has 0 bridgehead atoms. The molecule has 5 heteroatoms. The first-order chi connectivity index (χ1) is 3.55. The first-order valence-electron chi connectivity index (χ1n) is 2.29. The van der Waals surface area contributed by atoms with Crippen LogP contribution >= 0.6 is 12.4 Å². The third kappa shape index (κ3) is 4.20. The lowest BCUT2D eigenvalue weighted by Crippen LogP contribution is -2.44. The van der Waals surface area contributed by atoms with Crippen molar-refractivity contribution in [3.63, 3.8) is 0 Å². The zero-order chi connectivity index (χ0) is 6.73. The molecule has 0 aliphatic carbocycles. The Kier molecular flexibility index (Phi) is 5.80. The number of nitrogens with two attached hydrogens (primary N) is 2. The number of aliphatic carboxylic acids is 1. The van der Waals surface area contributed by atoms with Crippen molar-refractivity contribution < 1.29 is 9.90 Å². The molecular formula is C4H11ClN2O2. The molecule has 0 aliphatic heterocycles. The molecule has 2 atom stereocenters. The lowest BCUT2D eigenvalue weighted by Gasteiger charge is -2.08. The molecule has 56 valence electrons. The monoisotopic (exact) mass is 154 g/mol. The van der Waals surface area contributed by atoms with Crippen molar-refractivity contribution in [2.24, 2.45) is 11.5 Å². The summed E-state index contributed by atoms with van der Waals surface area (Å²) in [7, 11) is 0. The fraction of sp³-hybridized carbons (Fsp3) is 0.750. The van der Waals surface area contributed by atoms with Crippen molar-refractivity contribution >= 4 is 18.4 Å². The summed E-state index contributed by atoms with van der Waals surface area (Å²) < 4.78 is 0. The maximum Gasteiger partial charge on any atom is 0.322 e.